The zero-order valence-corrected chi connectivity index (χ0v) is 13.5. The maximum Gasteiger partial charge on any atom is 0.334 e. The van der Waals surface area contributed by atoms with Gasteiger partial charge in [0, 0.05) is 18.9 Å². The highest BCUT2D eigenvalue weighted by Gasteiger charge is 2.41. The molecule has 1 amide bonds. The third kappa shape index (κ3) is 4.75. The molecule has 0 spiro atoms. The SMILES string of the molecule is O=C(O)[C@@H](O)[C@@H](Cc1ccccc1)N1CC(CS(=O)(=O)F)CC1=O. The molecule has 1 saturated heterocycles. The van der Waals surface area contributed by atoms with Gasteiger partial charge >= 0.3 is 16.2 Å². The molecule has 0 radical (unpaired) electrons. The van der Waals surface area contributed by atoms with Gasteiger partial charge in [-0.1, -0.05) is 30.3 Å². The maximum atomic E-state index is 12.8. The summed E-state index contributed by atoms with van der Waals surface area (Å²) in [5, 5.41) is 19.0. The highest BCUT2D eigenvalue weighted by atomic mass is 32.3. The van der Waals surface area contributed by atoms with Crippen LogP contribution in [0.4, 0.5) is 3.89 Å². The number of carbonyl (C=O) groups excluding carboxylic acids is 1. The molecule has 0 aliphatic carbocycles. The zero-order valence-electron chi connectivity index (χ0n) is 12.7. The summed E-state index contributed by atoms with van der Waals surface area (Å²) in [5.41, 5.74) is 0.720. The number of likely N-dealkylation sites (tertiary alicyclic amines) is 1. The van der Waals surface area contributed by atoms with Crippen LogP contribution >= 0.6 is 0 Å². The molecule has 0 bridgehead atoms. The predicted octanol–water partition coefficient (Wildman–Crippen LogP) is 0.191. The van der Waals surface area contributed by atoms with Gasteiger partial charge in [-0.2, -0.15) is 8.42 Å². The number of nitrogens with zero attached hydrogens (tertiary/aromatic N) is 1. The Balaban J connectivity index is 2.20. The fourth-order valence-corrected chi connectivity index (χ4v) is 3.72. The van der Waals surface area contributed by atoms with Gasteiger partial charge in [-0.15, -0.1) is 3.89 Å². The van der Waals surface area contributed by atoms with Crippen LogP contribution in [0.15, 0.2) is 30.3 Å². The molecule has 1 heterocycles. The number of hydrogen-bond acceptors (Lipinski definition) is 5. The highest BCUT2D eigenvalue weighted by molar-refractivity contribution is 7.86. The van der Waals surface area contributed by atoms with Gasteiger partial charge in [0.15, 0.2) is 6.10 Å². The number of rotatable bonds is 7. The zero-order chi connectivity index (χ0) is 17.9. The van der Waals surface area contributed by atoms with Crippen LogP contribution in [0.2, 0.25) is 0 Å². The number of carbonyl (C=O) groups is 2. The van der Waals surface area contributed by atoms with Crippen molar-refractivity contribution < 1.29 is 32.1 Å². The molecular weight excluding hydrogens is 341 g/mol. The number of amides is 1. The number of aliphatic carboxylic acids is 1. The highest BCUT2D eigenvalue weighted by Crippen LogP contribution is 2.25. The summed E-state index contributed by atoms with van der Waals surface area (Å²) in [6.07, 6.45) is -1.93. The summed E-state index contributed by atoms with van der Waals surface area (Å²) in [6, 6.07) is 7.66. The van der Waals surface area contributed by atoms with E-state index in [1.807, 2.05) is 0 Å². The summed E-state index contributed by atoms with van der Waals surface area (Å²) in [4.78, 5) is 24.4. The molecule has 1 aromatic rings. The summed E-state index contributed by atoms with van der Waals surface area (Å²) >= 11 is 0. The maximum absolute atomic E-state index is 12.8. The van der Waals surface area contributed by atoms with E-state index in [1.54, 1.807) is 30.3 Å². The minimum atomic E-state index is -4.73. The first-order valence-electron chi connectivity index (χ1n) is 7.34. The van der Waals surface area contributed by atoms with E-state index in [1.165, 1.54) is 0 Å². The van der Waals surface area contributed by atoms with Crippen molar-refractivity contribution in [1.29, 1.82) is 0 Å². The van der Waals surface area contributed by atoms with Crippen molar-refractivity contribution in [3.63, 3.8) is 0 Å². The monoisotopic (exact) mass is 359 g/mol. The van der Waals surface area contributed by atoms with Crippen LogP contribution in [0.25, 0.3) is 0 Å². The second-order valence-corrected chi connectivity index (χ2v) is 7.27. The van der Waals surface area contributed by atoms with Gasteiger partial charge in [0.1, 0.15) is 0 Å². The summed E-state index contributed by atoms with van der Waals surface area (Å²) < 4.78 is 34.4. The molecule has 1 aliphatic rings. The molecule has 1 aromatic carbocycles. The first-order valence-corrected chi connectivity index (χ1v) is 8.89. The number of aliphatic hydroxyl groups is 1. The number of hydrogen-bond donors (Lipinski definition) is 2. The first-order chi connectivity index (χ1) is 11.2. The lowest BCUT2D eigenvalue weighted by molar-refractivity contribution is -0.152. The van der Waals surface area contributed by atoms with Crippen LogP contribution in [-0.2, 0) is 26.2 Å². The van der Waals surface area contributed by atoms with Gasteiger partial charge in [-0.3, -0.25) is 4.79 Å². The van der Waals surface area contributed by atoms with Gasteiger partial charge < -0.3 is 15.1 Å². The van der Waals surface area contributed by atoms with Gasteiger partial charge in [0.05, 0.1) is 11.8 Å². The van der Waals surface area contributed by atoms with Crippen molar-refractivity contribution in [2.75, 3.05) is 12.3 Å². The quantitative estimate of drug-likeness (QED) is 0.672. The standard InChI is InChI=1S/C15H18FNO6S/c16-24(22,23)9-11-7-13(18)17(8-11)12(14(19)15(20)21)6-10-4-2-1-3-5-10/h1-5,11-12,14,19H,6-9H2,(H,20,21)/t11?,12-,14+/m1/s1. The Morgan fingerprint density at radius 2 is 1.96 bits per heavy atom. The van der Waals surface area contributed by atoms with Gasteiger partial charge in [0.2, 0.25) is 5.91 Å². The van der Waals surface area contributed by atoms with Crippen LogP contribution in [-0.4, -0.2) is 59.9 Å². The lowest BCUT2D eigenvalue weighted by Crippen LogP contribution is -2.49. The molecule has 0 aromatic heterocycles. The minimum Gasteiger partial charge on any atom is -0.479 e. The van der Waals surface area contributed by atoms with E-state index >= 15 is 0 Å². The van der Waals surface area contributed by atoms with Crippen LogP contribution in [0, 0.1) is 5.92 Å². The average Bonchev–Trinajstić information content (AvgIpc) is 2.83. The van der Waals surface area contributed by atoms with Gasteiger partial charge in [0.25, 0.3) is 0 Å². The fraction of sp³-hybridized carbons (Fsp3) is 0.467. The van der Waals surface area contributed by atoms with Crippen molar-refractivity contribution >= 4 is 22.1 Å². The Hall–Kier alpha value is -2.00. The Bertz CT molecular complexity index is 708. The van der Waals surface area contributed by atoms with Crippen LogP contribution in [0.3, 0.4) is 0 Å². The average molecular weight is 359 g/mol. The Morgan fingerprint density at radius 1 is 1.33 bits per heavy atom. The minimum absolute atomic E-state index is 0.0924. The van der Waals surface area contributed by atoms with Crippen LogP contribution < -0.4 is 0 Å². The van der Waals surface area contributed by atoms with E-state index in [0.717, 1.165) is 10.5 Å². The third-order valence-electron chi connectivity index (χ3n) is 3.98. The molecule has 3 atom stereocenters. The molecule has 2 rings (SSSR count). The topological polar surface area (TPSA) is 112 Å². The van der Waals surface area contributed by atoms with Gasteiger partial charge in [-0.05, 0) is 12.0 Å². The largest absolute Gasteiger partial charge is 0.479 e. The second-order valence-electron chi connectivity index (χ2n) is 5.86. The smallest absolute Gasteiger partial charge is 0.334 e. The third-order valence-corrected chi connectivity index (χ3v) is 4.85. The molecule has 1 aliphatic heterocycles. The Kier molecular flexibility index (Phi) is 5.55. The summed E-state index contributed by atoms with van der Waals surface area (Å²) in [7, 11) is -4.73. The van der Waals surface area contributed by atoms with Crippen LogP contribution in [0.1, 0.15) is 12.0 Å². The summed E-state index contributed by atoms with van der Waals surface area (Å²) in [5.74, 6) is -3.53. The summed E-state index contributed by atoms with van der Waals surface area (Å²) in [6.45, 7) is -0.107. The van der Waals surface area contributed by atoms with Gasteiger partial charge in [-0.25, -0.2) is 4.79 Å². The molecule has 0 saturated carbocycles. The van der Waals surface area contributed by atoms with Crippen molar-refractivity contribution in [1.82, 2.24) is 4.90 Å². The van der Waals surface area contributed by atoms with E-state index in [4.69, 9.17) is 5.11 Å². The van der Waals surface area contributed by atoms with Crippen molar-refractivity contribution in [3.05, 3.63) is 35.9 Å². The number of carboxylic acid groups (broad SMARTS) is 1. The molecule has 24 heavy (non-hydrogen) atoms. The second kappa shape index (κ2) is 7.27. The normalized spacial score (nSPS) is 20.8. The molecule has 132 valence electrons. The van der Waals surface area contributed by atoms with E-state index in [0.29, 0.717) is 0 Å². The molecule has 2 N–H and O–H groups in total. The van der Waals surface area contributed by atoms with Crippen molar-refractivity contribution in [2.24, 2.45) is 5.92 Å². The van der Waals surface area contributed by atoms with Crippen molar-refractivity contribution in [3.8, 4) is 0 Å². The van der Waals surface area contributed by atoms with E-state index in [-0.39, 0.29) is 19.4 Å². The molecular formula is C15H18FNO6S. The number of aliphatic hydroxyl groups excluding tert-OH is 1. The molecule has 9 heteroatoms. The number of benzene rings is 1. The number of carboxylic acids is 1. The van der Waals surface area contributed by atoms with E-state index < -0.39 is 45.9 Å². The fourth-order valence-electron chi connectivity index (χ4n) is 2.93. The van der Waals surface area contributed by atoms with E-state index in [9.17, 15) is 27.0 Å². The van der Waals surface area contributed by atoms with E-state index in [2.05, 4.69) is 0 Å². The van der Waals surface area contributed by atoms with Crippen LogP contribution in [0.5, 0.6) is 0 Å². The molecule has 1 fully saturated rings. The lowest BCUT2D eigenvalue weighted by Gasteiger charge is -2.30. The lowest BCUT2D eigenvalue weighted by atomic mass is 10.00. The Labute approximate surface area is 138 Å². The first kappa shape index (κ1) is 18.3. The number of halogens is 1. The molecule has 7 nitrogen and oxygen atoms in total. The Morgan fingerprint density at radius 3 is 2.50 bits per heavy atom. The van der Waals surface area contributed by atoms with Crippen molar-refractivity contribution in [2.45, 2.75) is 25.0 Å². The predicted molar refractivity (Wildman–Crippen MR) is 82.3 cm³/mol. The molecule has 1 unspecified atom stereocenters.